The third-order valence-corrected chi connectivity index (χ3v) is 3.74. The number of nitrogens with zero attached hydrogens (tertiary/aromatic N) is 2. The summed E-state index contributed by atoms with van der Waals surface area (Å²) in [6.07, 6.45) is 3.65. The highest BCUT2D eigenvalue weighted by Gasteiger charge is 2.15. The number of aromatic nitrogens is 3. The molecule has 6 nitrogen and oxygen atoms in total. The van der Waals surface area contributed by atoms with Crippen molar-refractivity contribution >= 4 is 58.0 Å². The van der Waals surface area contributed by atoms with Crippen molar-refractivity contribution in [2.45, 2.75) is 12.5 Å². The van der Waals surface area contributed by atoms with Gasteiger partial charge in [-0.2, -0.15) is 0 Å². The Morgan fingerprint density at radius 2 is 2.23 bits per heavy atom. The molecule has 0 unspecified atom stereocenters. The standard InChI is InChI=1S/C13H13N5OS.2ClH/c14-10(3-9-5-15-6-16-9)13(19)18-8-1-2-12-11(4-8)17-7-20-12;;/h1-2,4-7,10H,3,14H2,(H,15,16)(H,18,19);2*1H/t10-;;/m0../s1. The van der Waals surface area contributed by atoms with Gasteiger partial charge in [-0.05, 0) is 18.2 Å². The van der Waals surface area contributed by atoms with Gasteiger partial charge in [0.2, 0.25) is 5.91 Å². The first-order valence-electron chi connectivity index (χ1n) is 6.09. The van der Waals surface area contributed by atoms with Gasteiger partial charge in [-0.3, -0.25) is 4.79 Å². The van der Waals surface area contributed by atoms with E-state index in [0.717, 1.165) is 15.9 Å². The van der Waals surface area contributed by atoms with E-state index in [1.54, 1.807) is 29.4 Å². The second-order valence-corrected chi connectivity index (χ2v) is 5.30. The van der Waals surface area contributed by atoms with Crippen LogP contribution in [0.25, 0.3) is 10.2 Å². The van der Waals surface area contributed by atoms with Crippen LogP contribution in [0.2, 0.25) is 0 Å². The predicted molar refractivity (Wildman–Crippen MR) is 93.0 cm³/mol. The Morgan fingerprint density at radius 1 is 1.41 bits per heavy atom. The number of carbonyl (C=O) groups excluding carboxylic acids is 1. The molecule has 0 bridgehead atoms. The molecule has 118 valence electrons. The number of benzene rings is 1. The lowest BCUT2D eigenvalue weighted by molar-refractivity contribution is -0.117. The molecule has 0 radical (unpaired) electrons. The molecule has 2 aromatic heterocycles. The van der Waals surface area contributed by atoms with Crippen LogP contribution in [0.15, 0.2) is 36.2 Å². The topological polar surface area (TPSA) is 96.7 Å². The average Bonchev–Trinajstić information content (AvgIpc) is 3.08. The normalized spacial score (nSPS) is 11.3. The van der Waals surface area contributed by atoms with Crippen LogP contribution in [0.1, 0.15) is 5.69 Å². The van der Waals surface area contributed by atoms with Crippen molar-refractivity contribution in [1.29, 1.82) is 0 Å². The fourth-order valence-corrected chi connectivity index (χ4v) is 2.56. The number of rotatable bonds is 4. The van der Waals surface area contributed by atoms with Gasteiger partial charge in [0.15, 0.2) is 0 Å². The van der Waals surface area contributed by atoms with Crippen molar-refractivity contribution in [3.8, 4) is 0 Å². The second kappa shape index (κ2) is 8.09. The Morgan fingerprint density at radius 3 is 2.95 bits per heavy atom. The van der Waals surface area contributed by atoms with Crippen LogP contribution in [-0.4, -0.2) is 26.9 Å². The Hall–Kier alpha value is -1.67. The van der Waals surface area contributed by atoms with Gasteiger partial charge in [0.1, 0.15) is 0 Å². The molecular formula is C13H15Cl2N5OS. The predicted octanol–water partition coefficient (Wildman–Crippen LogP) is 2.37. The van der Waals surface area contributed by atoms with Gasteiger partial charge >= 0.3 is 0 Å². The minimum absolute atomic E-state index is 0. The van der Waals surface area contributed by atoms with Crippen LogP contribution in [0.3, 0.4) is 0 Å². The van der Waals surface area contributed by atoms with Gasteiger partial charge in [0, 0.05) is 24.0 Å². The second-order valence-electron chi connectivity index (χ2n) is 4.41. The molecule has 3 rings (SSSR count). The molecule has 2 heterocycles. The third-order valence-electron chi connectivity index (χ3n) is 2.93. The summed E-state index contributed by atoms with van der Waals surface area (Å²) < 4.78 is 1.09. The molecule has 9 heteroatoms. The number of thiazole rings is 1. The van der Waals surface area contributed by atoms with E-state index in [-0.39, 0.29) is 30.7 Å². The van der Waals surface area contributed by atoms with E-state index in [0.29, 0.717) is 12.1 Å². The molecule has 0 aliphatic heterocycles. The number of anilines is 1. The Bertz CT molecular complexity index is 731. The van der Waals surface area contributed by atoms with Crippen molar-refractivity contribution < 1.29 is 4.79 Å². The first-order chi connectivity index (χ1) is 9.72. The molecule has 0 saturated carbocycles. The van der Waals surface area contributed by atoms with Crippen LogP contribution in [-0.2, 0) is 11.2 Å². The average molecular weight is 360 g/mol. The van der Waals surface area contributed by atoms with Crippen LogP contribution in [0.4, 0.5) is 5.69 Å². The van der Waals surface area contributed by atoms with Gasteiger partial charge in [0.25, 0.3) is 0 Å². The van der Waals surface area contributed by atoms with Gasteiger partial charge in [0.05, 0.1) is 28.1 Å². The number of hydrogen-bond donors (Lipinski definition) is 3. The van der Waals surface area contributed by atoms with E-state index >= 15 is 0 Å². The quantitative estimate of drug-likeness (QED) is 0.665. The summed E-state index contributed by atoms with van der Waals surface area (Å²) >= 11 is 1.56. The van der Waals surface area contributed by atoms with Crippen molar-refractivity contribution in [1.82, 2.24) is 15.0 Å². The summed E-state index contributed by atoms with van der Waals surface area (Å²) in [4.78, 5) is 23.1. The van der Waals surface area contributed by atoms with Crippen LogP contribution in [0.5, 0.6) is 0 Å². The summed E-state index contributed by atoms with van der Waals surface area (Å²) in [5, 5.41) is 2.80. The Balaban J connectivity index is 0.00000121. The van der Waals surface area contributed by atoms with E-state index in [4.69, 9.17) is 5.73 Å². The summed E-state index contributed by atoms with van der Waals surface area (Å²) in [5.74, 6) is -0.228. The molecule has 0 spiro atoms. The van der Waals surface area contributed by atoms with Crippen LogP contribution in [0, 0.1) is 0 Å². The zero-order chi connectivity index (χ0) is 13.9. The third kappa shape index (κ3) is 4.17. The SMILES string of the molecule is Cl.Cl.N[C@@H](Cc1cnc[nH]1)C(=O)Nc1ccc2scnc2c1. The molecule has 3 aromatic rings. The van der Waals surface area contributed by atoms with Gasteiger partial charge in [-0.25, -0.2) is 9.97 Å². The summed E-state index contributed by atoms with van der Waals surface area (Å²) in [6, 6.07) is 5.00. The number of fused-ring (bicyclic) bond motifs is 1. The molecule has 0 aliphatic carbocycles. The van der Waals surface area contributed by atoms with E-state index in [2.05, 4.69) is 20.3 Å². The van der Waals surface area contributed by atoms with E-state index in [1.807, 2.05) is 18.2 Å². The molecular weight excluding hydrogens is 345 g/mol. The number of nitrogens with one attached hydrogen (secondary N) is 2. The Labute approximate surface area is 143 Å². The summed E-state index contributed by atoms with van der Waals surface area (Å²) in [6.45, 7) is 0. The molecule has 1 atom stereocenters. The van der Waals surface area contributed by atoms with Gasteiger partial charge in [-0.1, -0.05) is 0 Å². The number of hydrogen-bond acceptors (Lipinski definition) is 5. The zero-order valence-corrected chi connectivity index (χ0v) is 13.8. The van der Waals surface area contributed by atoms with E-state index < -0.39 is 6.04 Å². The van der Waals surface area contributed by atoms with E-state index in [9.17, 15) is 4.79 Å². The van der Waals surface area contributed by atoms with Crippen molar-refractivity contribution in [2.24, 2.45) is 5.73 Å². The highest BCUT2D eigenvalue weighted by atomic mass is 35.5. The fourth-order valence-electron chi connectivity index (χ4n) is 1.90. The Kier molecular flexibility index (Phi) is 6.76. The van der Waals surface area contributed by atoms with Crippen molar-refractivity contribution in [3.63, 3.8) is 0 Å². The lowest BCUT2D eigenvalue weighted by Crippen LogP contribution is -2.37. The number of imidazole rings is 1. The number of amides is 1. The number of aromatic amines is 1. The summed E-state index contributed by atoms with van der Waals surface area (Å²) in [7, 11) is 0. The molecule has 22 heavy (non-hydrogen) atoms. The monoisotopic (exact) mass is 359 g/mol. The molecule has 0 aliphatic rings. The number of H-pyrrole nitrogens is 1. The van der Waals surface area contributed by atoms with Gasteiger partial charge in [-0.15, -0.1) is 36.2 Å². The van der Waals surface area contributed by atoms with Crippen molar-refractivity contribution in [3.05, 3.63) is 41.9 Å². The highest BCUT2D eigenvalue weighted by molar-refractivity contribution is 7.16. The fraction of sp³-hybridized carbons (Fsp3) is 0.154. The molecule has 1 amide bonds. The molecule has 0 saturated heterocycles. The van der Waals surface area contributed by atoms with Crippen molar-refractivity contribution in [2.75, 3.05) is 5.32 Å². The lowest BCUT2D eigenvalue weighted by Gasteiger charge is -2.11. The molecule has 4 N–H and O–H groups in total. The number of carbonyl (C=O) groups is 1. The first kappa shape index (κ1) is 18.4. The largest absolute Gasteiger partial charge is 0.348 e. The number of nitrogens with two attached hydrogens (primary N) is 1. The zero-order valence-electron chi connectivity index (χ0n) is 11.4. The maximum absolute atomic E-state index is 12.0. The lowest BCUT2D eigenvalue weighted by atomic mass is 10.1. The minimum atomic E-state index is -0.624. The smallest absolute Gasteiger partial charge is 0.241 e. The highest BCUT2D eigenvalue weighted by Crippen LogP contribution is 2.21. The maximum atomic E-state index is 12.0. The molecule has 1 aromatic carbocycles. The molecule has 0 fully saturated rings. The van der Waals surface area contributed by atoms with Crippen LogP contribution < -0.4 is 11.1 Å². The van der Waals surface area contributed by atoms with Gasteiger partial charge < -0.3 is 16.0 Å². The van der Waals surface area contributed by atoms with E-state index in [1.165, 1.54) is 0 Å². The van der Waals surface area contributed by atoms with Crippen LogP contribution >= 0.6 is 36.2 Å². The maximum Gasteiger partial charge on any atom is 0.241 e. The summed E-state index contributed by atoms with van der Waals surface area (Å²) in [5.41, 5.74) is 10.1. The minimum Gasteiger partial charge on any atom is -0.348 e. The number of halogens is 2. The first-order valence-corrected chi connectivity index (χ1v) is 6.97.